The lowest BCUT2D eigenvalue weighted by atomic mass is 9.98. The van der Waals surface area contributed by atoms with E-state index < -0.39 is 0 Å². The smallest absolute Gasteiger partial charge is 0.0555 e. The van der Waals surface area contributed by atoms with Crippen LogP contribution in [0.5, 0.6) is 0 Å². The van der Waals surface area contributed by atoms with Crippen molar-refractivity contribution < 1.29 is 5.11 Å². The third-order valence-electron chi connectivity index (χ3n) is 5.74. The first-order valence-electron chi connectivity index (χ1n) is 12.3. The average molecular weight is 385 g/mol. The Morgan fingerprint density at radius 2 is 1.00 bits per heavy atom. The zero-order valence-corrected chi connectivity index (χ0v) is 18.6. The lowest BCUT2D eigenvalue weighted by Crippen LogP contribution is -2.26. The van der Waals surface area contributed by atoms with Gasteiger partial charge >= 0.3 is 0 Å². The monoisotopic (exact) mass is 384 g/mol. The van der Waals surface area contributed by atoms with Crippen molar-refractivity contribution >= 4 is 0 Å². The lowest BCUT2D eigenvalue weighted by molar-refractivity contribution is 0.140. The Bertz CT molecular complexity index is 273. The van der Waals surface area contributed by atoms with E-state index >= 15 is 0 Å². The first-order valence-corrected chi connectivity index (χ1v) is 12.3. The van der Waals surface area contributed by atoms with Gasteiger partial charge in [0, 0.05) is 6.04 Å². The molecule has 0 fully saturated rings. The number of unbranched alkanes of at least 4 members (excludes halogenated alkanes) is 15. The van der Waals surface area contributed by atoms with Crippen LogP contribution in [-0.2, 0) is 0 Å². The summed E-state index contributed by atoms with van der Waals surface area (Å²) in [6.45, 7) is 3.09. The first-order chi connectivity index (χ1) is 13.2. The van der Waals surface area contributed by atoms with E-state index in [0.717, 1.165) is 38.6 Å². The van der Waals surface area contributed by atoms with Crippen LogP contribution in [0.25, 0.3) is 0 Å². The van der Waals surface area contributed by atoms with Gasteiger partial charge in [-0.2, -0.15) is 0 Å². The topological polar surface area (TPSA) is 72.3 Å². The van der Waals surface area contributed by atoms with Gasteiger partial charge in [-0.25, -0.2) is 0 Å². The molecule has 0 spiro atoms. The highest BCUT2D eigenvalue weighted by Gasteiger charge is 2.10. The molecule has 0 amide bonds. The van der Waals surface area contributed by atoms with Crippen LogP contribution >= 0.6 is 0 Å². The van der Waals surface area contributed by atoms with E-state index in [2.05, 4.69) is 6.92 Å². The fourth-order valence-electron chi connectivity index (χ4n) is 3.89. The predicted molar refractivity (Wildman–Crippen MR) is 121 cm³/mol. The van der Waals surface area contributed by atoms with E-state index in [1.54, 1.807) is 0 Å². The molecule has 0 radical (unpaired) electrons. The van der Waals surface area contributed by atoms with Crippen molar-refractivity contribution in [3.8, 4) is 0 Å². The molecule has 0 aliphatic carbocycles. The van der Waals surface area contributed by atoms with Crippen LogP contribution in [0.2, 0.25) is 0 Å². The minimum absolute atomic E-state index is 0.173. The van der Waals surface area contributed by atoms with Crippen molar-refractivity contribution in [2.24, 2.45) is 11.5 Å². The average Bonchev–Trinajstić information content (AvgIpc) is 2.65. The fraction of sp³-hybridized carbons (Fsp3) is 1.00. The molecule has 2 atom stereocenters. The van der Waals surface area contributed by atoms with Crippen LogP contribution in [0.15, 0.2) is 0 Å². The van der Waals surface area contributed by atoms with E-state index in [-0.39, 0.29) is 12.1 Å². The van der Waals surface area contributed by atoms with Gasteiger partial charge in [-0.15, -0.1) is 0 Å². The molecule has 0 rings (SSSR count). The number of hydrogen-bond acceptors (Lipinski definition) is 3. The molecule has 2 unspecified atom stereocenters. The maximum atomic E-state index is 10.2. The Hall–Kier alpha value is -0.120. The first kappa shape index (κ1) is 26.9. The second-order valence-electron chi connectivity index (χ2n) is 8.67. The number of hydrogen-bond donors (Lipinski definition) is 3. The molecule has 0 aromatic rings. The van der Waals surface area contributed by atoms with Gasteiger partial charge < -0.3 is 16.6 Å². The van der Waals surface area contributed by atoms with Gasteiger partial charge in [0.25, 0.3) is 0 Å². The van der Waals surface area contributed by atoms with Crippen LogP contribution in [0, 0.1) is 0 Å². The second-order valence-corrected chi connectivity index (χ2v) is 8.67. The number of aliphatic hydroxyl groups is 1. The largest absolute Gasteiger partial charge is 0.393 e. The van der Waals surface area contributed by atoms with Gasteiger partial charge in [0.15, 0.2) is 0 Å². The third kappa shape index (κ3) is 22.0. The lowest BCUT2D eigenvalue weighted by Gasteiger charge is -2.16. The van der Waals surface area contributed by atoms with Crippen molar-refractivity contribution in [1.82, 2.24) is 0 Å². The SMILES string of the molecule is CCCCCCCCCCCCCCC(O)CC(N)CCCCCCCN. The molecule has 0 saturated heterocycles. The maximum Gasteiger partial charge on any atom is 0.0555 e. The Balaban J connectivity index is 3.27. The molecule has 0 aromatic carbocycles. The third-order valence-corrected chi connectivity index (χ3v) is 5.74. The summed E-state index contributed by atoms with van der Waals surface area (Å²) in [4.78, 5) is 0. The Morgan fingerprint density at radius 1 is 0.593 bits per heavy atom. The number of nitrogens with two attached hydrogens (primary N) is 2. The second kappa shape index (κ2) is 22.2. The van der Waals surface area contributed by atoms with Crippen molar-refractivity contribution in [3.05, 3.63) is 0 Å². The number of rotatable bonds is 22. The molecule has 0 saturated carbocycles. The molecule has 0 aliphatic rings. The van der Waals surface area contributed by atoms with Crippen LogP contribution < -0.4 is 11.5 Å². The summed E-state index contributed by atoms with van der Waals surface area (Å²) in [5, 5.41) is 10.2. The molecule has 0 aromatic heterocycles. The van der Waals surface area contributed by atoms with Gasteiger partial charge in [-0.3, -0.25) is 0 Å². The van der Waals surface area contributed by atoms with Crippen molar-refractivity contribution in [3.63, 3.8) is 0 Å². The van der Waals surface area contributed by atoms with E-state index in [0.29, 0.717) is 0 Å². The van der Waals surface area contributed by atoms with Gasteiger partial charge in [-0.1, -0.05) is 110 Å². The normalized spacial score (nSPS) is 13.8. The zero-order valence-electron chi connectivity index (χ0n) is 18.6. The van der Waals surface area contributed by atoms with Crippen molar-refractivity contribution in [2.75, 3.05) is 6.54 Å². The highest BCUT2D eigenvalue weighted by Crippen LogP contribution is 2.15. The molecular formula is C24H52N2O. The molecular weight excluding hydrogens is 332 g/mol. The van der Waals surface area contributed by atoms with E-state index in [4.69, 9.17) is 11.5 Å². The van der Waals surface area contributed by atoms with Crippen molar-refractivity contribution in [1.29, 1.82) is 0 Å². The van der Waals surface area contributed by atoms with Crippen LogP contribution in [0.3, 0.4) is 0 Å². The van der Waals surface area contributed by atoms with Crippen LogP contribution in [-0.4, -0.2) is 23.8 Å². The van der Waals surface area contributed by atoms with E-state index in [1.807, 2.05) is 0 Å². The molecule has 3 nitrogen and oxygen atoms in total. The summed E-state index contributed by atoms with van der Waals surface area (Å²) >= 11 is 0. The zero-order chi connectivity index (χ0) is 20.0. The van der Waals surface area contributed by atoms with Gasteiger partial charge in [-0.05, 0) is 32.2 Å². The fourth-order valence-corrected chi connectivity index (χ4v) is 3.89. The summed E-state index contributed by atoms with van der Waals surface area (Å²) in [6, 6.07) is 0.173. The number of aliphatic hydroxyl groups excluding tert-OH is 1. The summed E-state index contributed by atoms with van der Waals surface area (Å²) in [7, 11) is 0. The minimum Gasteiger partial charge on any atom is -0.393 e. The minimum atomic E-state index is -0.194. The molecule has 0 aliphatic heterocycles. The van der Waals surface area contributed by atoms with Gasteiger partial charge in [0.1, 0.15) is 0 Å². The van der Waals surface area contributed by atoms with Gasteiger partial charge in [0.05, 0.1) is 6.10 Å². The quantitative estimate of drug-likeness (QED) is 0.188. The van der Waals surface area contributed by atoms with Crippen LogP contribution in [0.4, 0.5) is 0 Å². The standard InChI is InChI=1S/C24H52N2O/c1-2-3-4-5-6-7-8-9-10-11-14-17-20-24(27)22-23(26)19-16-13-12-15-18-21-25/h23-24,27H,2-22,25-26H2,1H3. The molecule has 5 N–H and O–H groups in total. The summed E-state index contributed by atoms with van der Waals surface area (Å²) in [5.41, 5.74) is 11.7. The molecule has 0 bridgehead atoms. The Morgan fingerprint density at radius 3 is 1.48 bits per heavy atom. The van der Waals surface area contributed by atoms with E-state index in [1.165, 1.54) is 96.3 Å². The molecule has 27 heavy (non-hydrogen) atoms. The highest BCUT2D eigenvalue weighted by atomic mass is 16.3. The van der Waals surface area contributed by atoms with Gasteiger partial charge in [0.2, 0.25) is 0 Å². The summed E-state index contributed by atoms with van der Waals surface area (Å²) < 4.78 is 0. The molecule has 0 heterocycles. The summed E-state index contributed by atoms with van der Waals surface area (Å²) in [6.07, 6.45) is 25.1. The van der Waals surface area contributed by atoms with Crippen LogP contribution in [0.1, 0.15) is 135 Å². The van der Waals surface area contributed by atoms with E-state index in [9.17, 15) is 5.11 Å². The molecule has 3 heteroatoms. The maximum absolute atomic E-state index is 10.2. The van der Waals surface area contributed by atoms with Crippen molar-refractivity contribution in [2.45, 2.75) is 147 Å². The Kier molecular flexibility index (Phi) is 22.1. The summed E-state index contributed by atoms with van der Waals surface area (Å²) in [5.74, 6) is 0. The predicted octanol–water partition coefficient (Wildman–Crippen LogP) is 6.46. The molecule has 164 valence electrons. The highest BCUT2D eigenvalue weighted by molar-refractivity contribution is 4.68. The Labute approximate surface area is 171 Å².